The molecule has 0 bridgehead atoms. The highest BCUT2D eigenvalue weighted by atomic mass is 16.7. The van der Waals surface area contributed by atoms with E-state index in [0.29, 0.717) is 18.0 Å². The first kappa shape index (κ1) is 14.8. The smallest absolute Gasteiger partial charge is 0.256 e. The summed E-state index contributed by atoms with van der Waals surface area (Å²) in [5.74, 6) is 1.11. The Morgan fingerprint density at radius 2 is 2.21 bits per heavy atom. The molecule has 3 aliphatic rings. The highest BCUT2D eigenvalue weighted by molar-refractivity contribution is 6.13. The molecule has 0 saturated carbocycles. The average molecular weight is 326 g/mol. The van der Waals surface area contributed by atoms with Crippen LogP contribution in [0, 0.1) is 0 Å². The maximum absolute atomic E-state index is 12.4. The van der Waals surface area contributed by atoms with E-state index in [2.05, 4.69) is 10.3 Å². The van der Waals surface area contributed by atoms with Crippen molar-refractivity contribution in [3.8, 4) is 11.5 Å². The van der Waals surface area contributed by atoms with Crippen LogP contribution in [0.3, 0.4) is 0 Å². The molecule has 6 heteroatoms. The van der Waals surface area contributed by atoms with Crippen LogP contribution in [0.1, 0.15) is 24.8 Å². The van der Waals surface area contributed by atoms with Crippen molar-refractivity contribution >= 4 is 12.1 Å². The number of hydrogen-bond acceptors (Lipinski definition) is 5. The second-order valence-electron chi connectivity index (χ2n) is 6.02. The predicted octanol–water partition coefficient (Wildman–Crippen LogP) is 2.41. The molecule has 124 valence electrons. The summed E-state index contributed by atoms with van der Waals surface area (Å²) in [6.45, 7) is 0.557. The molecule has 1 atom stereocenters. The molecule has 1 aromatic rings. The Morgan fingerprint density at radius 3 is 3.12 bits per heavy atom. The third-order valence-electron chi connectivity index (χ3n) is 4.45. The number of aliphatic hydroxyl groups excluding tert-OH is 1. The number of hydrogen-bond donors (Lipinski definition) is 2. The van der Waals surface area contributed by atoms with Crippen LogP contribution >= 0.6 is 0 Å². The van der Waals surface area contributed by atoms with Crippen LogP contribution in [0.15, 0.2) is 46.2 Å². The zero-order chi connectivity index (χ0) is 16.5. The van der Waals surface area contributed by atoms with Gasteiger partial charge in [0.25, 0.3) is 5.91 Å². The molecule has 6 nitrogen and oxygen atoms in total. The first-order chi connectivity index (χ1) is 11.7. The maximum atomic E-state index is 12.4. The molecule has 2 N–H and O–H groups in total. The van der Waals surface area contributed by atoms with Crippen LogP contribution in [0.4, 0.5) is 0 Å². The number of rotatable bonds is 3. The summed E-state index contributed by atoms with van der Waals surface area (Å²) in [5.41, 5.74) is 1.90. The first-order valence-electron chi connectivity index (χ1n) is 8.06. The number of dihydropyridines is 1. The van der Waals surface area contributed by atoms with E-state index in [1.54, 1.807) is 0 Å². The van der Waals surface area contributed by atoms with Crippen molar-refractivity contribution < 1.29 is 19.4 Å². The number of allylic oxidation sites excluding steroid dienone is 1. The van der Waals surface area contributed by atoms with Gasteiger partial charge in [-0.1, -0.05) is 12.1 Å². The number of benzene rings is 1. The van der Waals surface area contributed by atoms with E-state index in [0.717, 1.165) is 30.4 Å². The van der Waals surface area contributed by atoms with Crippen LogP contribution in [0.5, 0.6) is 11.5 Å². The van der Waals surface area contributed by atoms with Crippen molar-refractivity contribution in [3.63, 3.8) is 0 Å². The van der Waals surface area contributed by atoms with Crippen LogP contribution in [-0.2, 0) is 11.3 Å². The molecule has 2 heterocycles. The predicted molar refractivity (Wildman–Crippen MR) is 88.3 cm³/mol. The average Bonchev–Trinajstić information content (AvgIpc) is 3.08. The molecule has 1 unspecified atom stereocenters. The van der Waals surface area contributed by atoms with Crippen LogP contribution in [-0.4, -0.2) is 30.1 Å². The van der Waals surface area contributed by atoms with Gasteiger partial charge in [0.15, 0.2) is 11.5 Å². The standard InChI is InChI=1S/C18H18N2O4/c21-17-12-3-1-2-4-14(12)19-9-13(17)18(22)20-8-11-5-6-15-16(7-11)24-10-23-15/h3,5-7,9,14,21H,1-2,4,8,10H2,(H,20,22). The summed E-state index contributed by atoms with van der Waals surface area (Å²) in [5, 5.41) is 13.2. The van der Waals surface area contributed by atoms with Crippen molar-refractivity contribution in [2.75, 3.05) is 6.79 Å². The van der Waals surface area contributed by atoms with E-state index in [1.165, 1.54) is 6.21 Å². The van der Waals surface area contributed by atoms with Gasteiger partial charge in [-0.15, -0.1) is 0 Å². The Balaban J connectivity index is 1.46. The molecule has 24 heavy (non-hydrogen) atoms. The molecular weight excluding hydrogens is 308 g/mol. The Morgan fingerprint density at radius 1 is 1.33 bits per heavy atom. The molecule has 0 saturated heterocycles. The van der Waals surface area contributed by atoms with Gasteiger partial charge in [-0.25, -0.2) is 0 Å². The topological polar surface area (TPSA) is 80.2 Å². The molecule has 1 amide bonds. The number of aliphatic hydroxyl groups is 1. The number of nitrogens with zero attached hydrogens (tertiary/aromatic N) is 1. The van der Waals surface area contributed by atoms with E-state index >= 15 is 0 Å². The maximum Gasteiger partial charge on any atom is 0.256 e. The van der Waals surface area contributed by atoms with Crippen molar-refractivity contribution in [1.82, 2.24) is 5.32 Å². The number of ether oxygens (including phenoxy) is 2. The molecule has 0 radical (unpaired) electrons. The number of nitrogens with one attached hydrogen (secondary N) is 1. The number of aliphatic imine (C=N–C) groups is 1. The molecule has 1 aromatic carbocycles. The summed E-state index contributed by atoms with van der Waals surface area (Å²) in [7, 11) is 0. The van der Waals surface area contributed by atoms with Crippen molar-refractivity contribution in [2.24, 2.45) is 4.99 Å². The number of carbonyl (C=O) groups excluding carboxylic acids is 1. The SMILES string of the molecule is O=C(NCc1ccc2c(c1)OCO2)C1=C(O)C2=CCCCC2N=C1. The van der Waals surface area contributed by atoms with Crippen molar-refractivity contribution in [3.05, 3.63) is 46.7 Å². The summed E-state index contributed by atoms with van der Waals surface area (Å²) in [6.07, 6.45) is 6.35. The molecule has 1 aliphatic carbocycles. The highest BCUT2D eigenvalue weighted by Gasteiger charge is 2.27. The quantitative estimate of drug-likeness (QED) is 0.894. The summed E-state index contributed by atoms with van der Waals surface area (Å²) in [4.78, 5) is 16.8. The monoisotopic (exact) mass is 326 g/mol. The van der Waals surface area contributed by atoms with Gasteiger partial charge in [-0.05, 0) is 37.0 Å². The zero-order valence-electron chi connectivity index (χ0n) is 13.1. The normalized spacial score (nSPS) is 21.3. The third-order valence-corrected chi connectivity index (χ3v) is 4.45. The Hall–Kier alpha value is -2.76. The fraction of sp³-hybridized carbons (Fsp3) is 0.333. The van der Waals surface area contributed by atoms with Gasteiger partial charge in [-0.3, -0.25) is 9.79 Å². The number of carbonyl (C=O) groups is 1. The highest BCUT2D eigenvalue weighted by Crippen LogP contribution is 2.33. The van der Waals surface area contributed by atoms with Gasteiger partial charge >= 0.3 is 0 Å². The minimum absolute atomic E-state index is 0.0100. The summed E-state index contributed by atoms with van der Waals surface area (Å²) >= 11 is 0. The van der Waals surface area contributed by atoms with E-state index in [9.17, 15) is 9.90 Å². The van der Waals surface area contributed by atoms with E-state index < -0.39 is 0 Å². The van der Waals surface area contributed by atoms with E-state index in [-0.39, 0.29) is 30.1 Å². The van der Waals surface area contributed by atoms with Crippen LogP contribution < -0.4 is 14.8 Å². The largest absolute Gasteiger partial charge is 0.507 e. The summed E-state index contributed by atoms with van der Waals surface area (Å²) < 4.78 is 10.6. The lowest BCUT2D eigenvalue weighted by Crippen LogP contribution is -2.30. The van der Waals surface area contributed by atoms with E-state index in [4.69, 9.17) is 9.47 Å². The fourth-order valence-corrected chi connectivity index (χ4v) is 3.15. The first-order valence-corrected chi connectivity index (χ1v) is 8.06. The van der Waals surface area contributed by atoms with Gasteiger partial charge in [-0.2, -0.15) is 0 Å². The lowest BCUT2D eigenvalue weighted by Gasteiger charge is -2.24. The van der Waals surface area contributed by atoms with Crippen LogP contribution in [0.25, 0.3) is 0 Å². The van der Waals surface area contributed by atoms with Gasteiger partial charge in [0.1, 0.15) is 5.76 Å². The molecule has 4 rings (SSSR count). The summed E-state index contributed by atoms with van der Waals surface area (Å²) in [6, 6.07) is 5.52. The van der Waals surface area contributed by atoms with Crippen molar-refractivity contribution in [1.29, 1.82) is 0 Å². The molecule has 0 aromatic heterocycles. The second kappa shape index (κ2) is 6.03. The van der Waals surface area contributed by atoms with Crippen LogP contribution in [0.2, 0.25) is 0 Å². The lowest BCUT2D eigenvalue weighted by molar-refractivity contribution is -0.117. The Bertz CT molecular complexity index is 779. The van der Waals surface area contributed by atoms with Crippen molar-refractivity contribution in [2.45, 2.75) is 31.8 Å². The number of fused-ring (bicyclic) bond motifs is 2. The molecule has 2 aliphatic heterocycles. The van der Waals surface area contributed by atoms with Gasteiger partial charge in [0, 0.05) is 18.3 Å². The zero-order valence-corrected chi connectivity index (χ0v) is 13.1. The van der Waals surface area contributed by atoms with Gasteiger partial charge in [0.2, 0.25) is 6.79 Å². The fourth-order valence-electron chi connectivity index (χ4n) is 3.15. The third kappa shape index (κ3) is 2.64. The molecule has 0 spiro atoms. The Labute approximate surface area is 139 Å². The number of amides is 1. The molecule has 0 fully saturated rings. The van der Waals surface area contributed by atoms with Gasteiger partial charge in [0.05, 0.1) is 11.6 Å². The minimum atomic E-state index is -0.334. The van der Waals surface area contributed by atoms with E-state index in [1.807, 2.05) is 24.3 Å². The van der Waals surface area contributed by atoms with Gasteiger partial charge < -0.3 is 19.9 Å². The Kier molecular flexibility index (Phi) is 3.72. The minimum Gasteiger partial charge on any atom is -0.507 e. The second-order valence-corrected chi connectivity index (χ2v) is 6.02. The lowest BCUT2D eigenvalue weighted by atomic mass is 9.89. The molecular formula is C18H18N2O4.